The van der Waals surface area contributed by atoms with Gasteiger partial charge in [-0.15, -0.1) is 0 Å². The van der Waals surface area contributed by atoms with Crippen molar-refractivity contribution in [1.29, 1.82) is 0 Å². The third-order valence-electron chi connectivity index (χ3n) is 2.54. The molecule has 0 aliphatic carbocycles. The van der Waals surface area contributed by atoms with Crippen LogP contribution in [0.25, 0.3) is 0 Å². The van der Waals surface area contributed by atoms with E-state index in [1.165, 1.54) is 0 Å². The predicted octanol–water partition coefficient (Wildman–Crippen LogP) is 1.97. The van der Waals surface area contributed by atoms with Gasteiger partial charge >= 0.3 is 0 Å². The van der Waals surface area contributed by atoms with Crippen LogP contribution in [0, 0.1) is 5.92 Å². The lowest BCUT2D eigenvalue weighted by Crippen LogP contribution is -2.22. The summed E-state index contributed by atoms with van der Waals surface area (Å²) in [4.78, 5) is 7.90. The number of nitrogens with one attached hydrogen (secondary N) is 1. The smallest absolute Gasteiger partial charge is 0.224 e. The van der Waals surface area contributed by atoms with Gasteiger partial charge in [-0.3, -0.25) is 0 Å². The van der Waals surface area contributed by atoms with Gasteiger partial charge in [-0.2, -0.15) is 0 Å². The average molecular weight is 228 g/mol. The van der Waals surface area contributed by atoms with Gasteiger partial charge in [-0.05, 0) is 36.4 Å². The van der Waals surface area contributed by atoms with E-state index in [1.54, 1.807) is 6.20 Å². The third kappa shape index (κ3) is 3.32. The van der Waals surface area contributed by atoms with E-state index in [0.29, 0.717) is 5.92 Å². The highest BCUT2D eigenvalue weighted by molar-refractivity contribution is 6.28. The maximum atomic E-state index is 5.68. The minimum atomic E-state index is 0.284. The second-order valence-electron chi connectivity index (χ2n) is 3.65. The number of nitrogens with zero attached hydrogens (tertiary/aromatic N) is 2. The highest BCUT2D eigenvalue weighted by Gasteiger charge is 2.13. The molecule has 0 atom stereocenters. The average Bonchev–Trinajstić information content (AvgIpc) is 2.28. The van der Waals surface area contributed by atoms with Crippen LogP contribution in [0.4, 0.5) is 5.82 Å². The molecule has 0 radical (unpaired) electrons. The maximum Gasteiger partial charge on any atom is 0.224 e. The van der Waals surface area contributed by atoms with Crippen LogP contribution >= 0.6 is 11.6 Å². The van der Waals surface area contributed by atoms with E-state index in [0.717, 1.165) is 38.4 Å². The van der Waals surface area contributed by atoms with Crippen molar-refractivity contribution in [2.75, 3.05) is 25.1 Å². The van der Waals surface area contributed by atoms with Gasteiger partial charge in [0.05, 0.1) is 0 Å². The van der Waals surface area contributed by atoms with Crippen molar-refractivity contribution in [2.24, 2.45) is 5.92 Å². The number of hydrogen-bond acceptors (Lipinski definition) is 4. The van der Waals surface area contributed by atoms with Crippen LogP contribution in [-0.4, -0.2) is 29.7 Å². The number of rotatable bonds is 3. The number of anilines is 1. The first-order chi connectivity index (χ1) is 7.34. The lowest BCUT2D eigenvalue weighted by Gasteiger charge is -2.22. The van der Waals surface area contributed by atoms with E-state index in [2.05, 4.69) is 15.3 Å². The van der Waals surface area contributed by atoms with Crippen LogP contribution in [0.2, 0.25) is 5.28 Å². The highest BCUT2D eigenvalue weighted by Crippen LogP contribution is 2.15. The van der Waals surface area contributed by atoms with Gasteiger partial charge in [-0.1, -0.05) is 0 Å². The Kier molecular flexibility index (Phi) is 3.75. The van der Waals surface area contributed by atoms with Crippen molar-refractivity contribution in [1.82, 2.24) is 9.97 Å². The molecular formula is C10H14ClN3O. The molecule has 5 heteroatoms. The lowest BCUT2D eigenvalue weighted by molar-refractivity contribution is 0.0699. The molecule has 0 saturated carbocycles. The van der Waals surface area contributed by atoms with Gasteiger partial charge in [0.1, 0.15) is 5.82 Å². The first kappa shape index (κ1) is 10.6. The molecule has 4 nitrogen and oxygen atoms in total. The molecule has 1 fully saturated rings. The molecular weight excluding hydrogens is 214 g/mol. The summed E-state index contributed by atoms with van der Waals surface area (Å²) in [6.45, 7) is 2.67. The van der Waals surface area contributed by atoms with Crippen LogP contribution in [0.3, 0.4) is 0 Å². The molecule has 0 amide bonds. The summed E-state index contributed by atoms with van der Waals surface area (Å²) in [5, 5.41) is 3.55. The Morgan fingerprint density at radius 1 is 1.47 bits per heavy atom. The number of ether oxygens (including phenoxy) is 1. The second kappa shape index (κ2) is 5.28. The van der Waals surface area contributed by atoms with E-state index >= 15 is 0 Å². The Morgan fingerprint density at radius 3 is 3.00 bits per heavy atom. The van der Waals surface area contributed by atoms with Gasteiger partial charge in [0.15, 0.2) is 0 Å². The van der Waals surface area contributed by atoms with Crippen molar-refractivity contribution in [2.45, 2.75) is 12.8 Å². The first-order valence-corrected chi connectivity index (χ1v) is 5.52. The normalized spacial score (nSPS) is 17.7. The standard InChI is InChI=1S/C10H14ClN3O/c11-10-12-4-1-9(14-10)13-7-8-2-5-15-6-3-8/h1,4,8H,2-3,5-7H2,(H,12,13,14). The summed E-state index contributed by atoms with van der Waals surface area (Å²) >= 11 is 5.68. The summed E-state index contributed by atoms with van der Waals surface area (Å²) in [7, 11) is 0. The third-order valence-corrected chi connectivity index (χ3v) is 2.72. The first-order valence-electron chi connectivity index (χ1n) is 5.15. The molecule has 2 rings (SSSR count). The quantitative estimate of drug-likeness (QED) is 0.803. The van der Waals surface area contributed by atoms with Crippen LogP contribution in [0.15, 0.2) is 12.3 Å². The summed E-state index contributed by atoms with van der Waals surface area (Å²) < 4.78 is 5.30. The fraction of sp³-hybridized carbons (Fsp3) is 0.600. The minimum absolute atomic E-state index is 0.284. The van der Waals surface area contributed by atoms with Crippen molar-refractivity contribution in [3.05, 3.63) is 17.5 Å². The van der Waals surface area contributed by atoms with Crippen LogP contribution in [-0.2, 0) is 4.74 Å². The van der Waals surface area contributed by atoms with E-state index in [9.17, 15) is 0 Å². The zero-order valence-electron chi connectivity index (χ0n) is 8.45. The van der Waals surface area contributed by atoms with E-state index < -0.39 is 0 Å². The van der Waals surface area contributed by atoms with E-state index in [1.807, 2.05) is 6.07 Å². The monoisotopic (exact) mass is 227 g/mol. The second-order valence-corrected chi connectivity index (χ2v) is 3.99. The predicted molar refractivity (Wildman–Crippen MR) is 59.1 cm³/mol. The molecule has 1 aliphatic rings. The SMILES string of the molecule is Clc1nccc(NCC2CCOCC2)n1. The van der Waals surface area contributed by atoms with Crippen molar-refractivity contribution in [3.8, 4) is 0 Å². The molecule has 1 aromatic rings. The number of hydrogen-bond donors (Lipinski definition) is 1. The van der Waals surface area contributed by atoms with Crippen LogP contribution < -0.4 is 5.32 Å². The van der Waals surface area contributed by atoms with E-state index in [-0.39, 0.29) is 5.28 Å². The van der Waals surface area contributed by atoms with E-state index in [4.69, 9.17) is 16.3 Å². The molecule has 15 heavy (non-hydrogen) atoms. The summed E-state index contributed by atoms with van der Waals surface area (Å²) in [5.41, 5.74) is 0. The highest BCUT2D eigenvalue weighted by atomic mass is 35.5. The van der Waals surface area contributed by atoms with Gasteiger partial charge in [0.2, 0.25) is 5.28 Å². The Bertz CT molecular complexity index is 315. The number of aromatic nitrogens is 2. The van der Waals surface area contributed by atoms with Gasteiger partial charge in [-0.25, -0.2) is 9.97 Å². The zero-order chi connectivity index (χ0) is 10.5. The molecule has 0 spiro atoms. The van der Waals surface area contributed by atoms with Crippen molar-refractivity contribution in [3.63, 3.8) is 0 Å². The molecule has 0 bridgehead atoms. The Balaban J connectivity index is 1.81. The maximum absolute atomic E-state index is 5.68. The lowest BCUT2D eigenvalue weighted by atomic mass is 10.0. The summed E-state index contributed by atoms with van der Waals surface area (Å²) in [6, 6.07) is 1.82. The minimum Gasteiger partial charge on any atom is -0.381 e. The topological polar surface area (TPSA) is 47.0 Å². The van der Waals surface area contributed by atoms with Gasteiger partial charge in [0, 0.05) is 26.0 Å². The van der Waals surface area contributed by atoms with Crippen LogP contribution in [0.1, 0.15) is 12.8 Å². The molecule has 82 valence electrons. The molecule has 1 saturated heterocycles. The number of halogens is 1. The Morgan fingerprint density at radius 2 is 2.27 bits per heavy atom. The fourth-order valence-corrected chi connectivity index (χ4v) is 1.78. The molecule has 2 heterocycles. The largest absolute Gasteiger partial charge is 0.381 e. The van der Waals surface area contributed by atoms with Crippen molar-refractivity contribution >= 4 is 17.4 Å². The van der Waals surface area contributed by atoms with Gasteiger partial charge < -0.3 is 10.1 Å². The zero-order valence-corrected chi connectivity index (χ0v) is 9.20. The molecule has 0 unspecified atom stereocenters. The fourth-order valence-electron chi connectivity index (χ4n) is 1.63. The Hall–Kier alpha value is -0.870. The van der Waals surface area contributed by atoms with Crippen molar-refractivity contribution < 1.29 is 4.74 Å². The van der Waals surface area contributed by atoms with Crippen LogP contribution in [0.5, 0.6) is 0 Å². The molecule has 1 aromatic heterocycles. The Labute approximate surface area is 94.0 Å². The summed E-state index contributed by atoms with van der Waals surface area (Å²) in [5.74, 6) is 1.47. The molecule has 0 aromatic carbocycles. The molecule has 1 N–H and O–H groups in total. The summed E-state index contributed by atoms with van der Waals surface area (Å²) in [6.07, 6.45) is 3.89. The van der Waals surface area contributed by atoms with Gasteiger partial charge in [0.25, 0.3) is 0 Å². The molecule has 1 aliphatic heterocycles.